The maximum Gasteiger partial charge on any atom is 0.274 e. The van der Waals surface area contributed by atoms with E-state index in [0.29, 0.717) is 32.1 Å². The lowest BCUT2D eigenvalue weighted by Crippen LogP contribution is -2.25. The number of aromatic nitrogens is 2. The van der Waals surface area contributed by atoms with E-state index in [1.54, 1.807) is 32.0 Å². The van der Waals surface area contributed by atoms with Crippen LogP contribution < -0.4 is 16.2 Å². The molecule has 0 saturated carbocycles. The average molecular weight is 522 g/mol. The number of rotatable bonds is 4. The normalized spacial score (nSPS) is 10.9. The van der Waals surface area contributed by atoms with Crippen molar-refractivity contribution >= 4 is 74.3 Å². The molecule has 0 fully saturated rings. The van der Waals surface area contributed by atoms with Crippen molar-refractivity contribution in [2.45, 2.75) is 13.8 Å². The van der Waals surface area contributed by atoms with E-state index in [1.165, 1.54) is 24.3 Å². The second-order valence-corrected chi connectivity index (χ2v) is 9.45. The molecule has 7 nitrogen and oxygen atoms in total. The van der Waals surface area contributed by atoms with Crippen LogP contribution in [0.1, 0.15) is 31.4 Å². The Morgan fingerprint density at radius 3 is 2.27 bits per heavy atom. The van der Waals surface area contributed by atoms with Crippen molar-refractivity contribution in [3.05, 3.63) is 89.7 Å². The van der Waals surface area contributed by atoms with Crippen molar-refractivity contribution < 1.29 is 9.59 Å². The van der Waals surface area contributed by atoms with Gasteiger partial charge in [0.15, 0.2) is 4.96 Å². The summed E-state index contributed by atoms with van der Waals surface area (Å²) in [6, 6.07) is 10.8. The number of benzene rings is 2. The van der Waals surface area contributed by atoms with E-state index in [9.17, 15) is 14.4 Å². The minimum atomic E-state index is -0.645. The van der Waals surface area contributed by atoms with Crippen LogP contribution in [0.2, 0.25) is 15.1 Å². The number of amides is 2. The molecule has 2 aromatic carbocycles. The van der Waals surface area contributed by atoms with Gasteiger partial charge in [-0.15, -0.1) is 0 Å². The van der Waals surface area contributed by atoms with E-state index in [0.717, 1.165) is 21.3 Å². The molecule has 0 radical (unpaired) electrons. The molecular weight excluding hydrogens is 507 g/mol. The van der Waals surface area contributed by atoms with Crippen molar-refractivity contribution in [1.29, 1.82) is 0 Å². The largest absolute Gasteiger partial charge is 0.321 e. The molecule has 11 heteroatoms. The first-order chi connectivity index (χ1) is 15.6. The Labute approximate surface area is 206 Å². The molecule has 0 aliphatic rings. The lowest BCUT2D eigenvalue weighted by Gasteiger charge is -2.10. The Kier molecular flexibility index (Phi) is 6.45. The number of hydrogen-bond acceptors (Lipinski definition) is 5. The Morgan fingerprint density at radius 1 is 0.909 bits per heavy atom. The lowest BCUT2D eigenvalue weighted by atomic mass is 10.2. The van der Waals surface area contributed by atoms with Gasteiger partial charge in [0.25, 0.3) is 17.4 Å². The van der Waals surface area contributed by atoms with Gasteiger partial charge in [0, 0.05) is 38.2 Å². The first kappa shape index (κ1) is 23.3. The topological polar surface area (TPSA) is 92.6 Å². The molecule has 33 heavy (non-hydrogen) atoms. The maximum absolute atomic E-state index is 13.3. The zero-order valence-electron chi connectivity index (χ0n) is 17.2. The molecule has 0 aliphatic carbocycles. The number of aryl methyl sites for hydroxylation is 2. The first-order valence-corrected chi connectivity index (χ1v) is 11.5. The van der Waals surface area contributed by atoms with Crippen molar-refractivity contribution in [2.75, 3.05) is 10.6 Å². The molecule has 2 amide bonds. The number of anilines is 2. The van der Waals surface area contributed by atoms with E-state index in [4.69, 9.17) is 34.8 Å². The second-order valence-electron chi connectivity index (χ2n) is 7.16. The molecule has 0 saturated heterocycles. The van der Waals surface area contributed by atoms with Crippen LogP contribution in [0.4, 0.5) is 11.4 Å². The van der Waals surface area contributed by atoms with Crippen molar-refractivity contribution in [3.63, 3.8) is 0 Å². The van der Waals surface area contributed by atoms with Crippen LogP contribution in [-0.2, 0) is 0 Å². The Balaban J connectivity index is 1.81. The van der Waals surface area contributed by atoms with E-state index >= 15 is 0 Å². The summed E-state index contributed by atoms with van der Waals surface area (Å²) in [6.45, 7) is 3.44. The van der Waals surface area contributed by atoms with Gasteiger partial charge in [-0.2, -0.15) is 0 Å². The molecular formula is C22H15Cl3N4O3S. The summed E-state index contributed by atoms with van der Waals surface area (Å²) in [5.74, 6) is -1.26. The quantitative estimate of drug-likeness (QED) is 0.353. The number of nitrogens with zero attached hydrogens (tertiary/aromatic N) is 2. The number of carbonyl (C=O) groups is 2. The average Bonchev–Trinajstić information content (AvgIpc) is 3.09. The van der Waals surface area contributed by atoms with Gasteiger partial charge >= 0.3 is 0 Å². The first-order valence-electron chi connectivity index (χ1n) is 9.50. The van der Waals surface area contributed by atoms with Crippen LogP contribution in [0.15, 0.2) is 47.3 Å². The Bertz CT molecular complexity index is 1480. The summed E-state index contributed by atoms with van der Waals surface area (Å²) in [5.41, 5.74) is 1.41. The highest BCUT2D eigenvalue weighted by molar-refractivity contribution is 7.19. The number of hydrogen-bond donors (Lipinski definition) is 2. The number of thiazole rings is 1. The molecule has 0 spiro atoms. The third-order valence-electron chi connectivity index (χ3n) is 4.63. The highest BCUT2D eigenvalue weighted by Gasteiger charge is 2.26. The molecule has 4 rings (SSSR count). The van der Waals surface area contributed by atoms with Gasteiger partial charge in [-0.3, -0.25) is 14.4 Å². The van der Waals surface area contributed by atoms with Crippen LogP contribution >= 0.6 is 46.1 Å². The molecule has 0 unspecified atom stereocenters. The zero-order chi connectivity index (χ0) is 23.9. The number of halogens is 3. The van der Waals surface area contributed by atoms with Crippen molar-refractivity contribution in [2.24, 2.45) is 0 Å². The summed E-state index contributed by atoms with van der Waals surface area (Å²) in [5, 5.41) is 6.61. The summed E-state index contributed by atoms with van der Waals surface area (Å²) < 4.78 is 1.12. The fraction of sp³-hybridized carbons (Fsp3) is 0.0909. The maximum atomic E-state index is 13.3. The van der Waals surface area contributed by atoms with Gasteiger partial charge in [-0.05, 0) is 55.8 Å². The second kappa shape index (κ2) is 9.15. The van der Waals surface area contributed by atoms with Crippen LogP contribution in [-0.4, -0.2) is 21.2 Å². The molecule has 4 aromatic rings. The standard InChI is InChI=1S/C22H15Cl3N4O3S/c1-10-5-12(23)3-4-16(10)28-20(31)18-19(33-22-26-11(2)6-17(30)29(18)22)21(32)27-15-8-13(24)7-14(25)9-15/h3-9H,1-2H3,(H,27,32)(H,28,31). The number of fused-ring (bicyclic) bond motifs is 1. The molecule has 168 valence electrons. The van der Waals surface area contributed by atoms with Crippen molar-refractivity contribution in [3.8, 4) is 0 Å². The van der Waals surface area contributed by atoms with Gasteiger partial charge in [-0.1, -0.05) is 46.1 Å². The highest BCUT2D eigenvalue weighted by atomic mass is 35.5. The Hall–Kier alpha value is -2.91. The van der Waals surface area contributed by atoms with Crippen LogP contribution in [0.5, 0.6) is 0 Å². The zero-order valence-corrected chi connectivity index (χ0v) is 20.3. The van der Waals surface area contributed by atoms with Gasteiger partial charge in [0.2, 0.25) is 0 Å². The smallest absolute Gasteiger partial charge is 0.274 e. The predicted molar refractivity (Wildman–Crippen MR) is 133 cm³/mol. The van der Waals surface area contributed by atoms with Crippen molar-refractivity contribution in [1.82, 2.24) is 9.38 Å². The number of nitrogens with one attached hydrogen (secondary N) is 2. The van der Waals surface area contributed by atoms with Crippen LogP contribution in [0, 0.1) is 13.8 Å². The summed E-state index contributed by atoms with van der Waals surface area (Å²) in [4.78, 5) is 43.7. The molecule has 0 atom stereocenters. The lowest BCUT2D eigenvalue weighted by molar-refractivity contribution is 0.0989. The monoisotopic (exact) mass is 520 g/mol. The third-order valence-corrected chi connectivity index (χ3v) is 6.34. The minimum Gasteiger partial charge on any atom is -0.321 e. The fourth-order valence-electron chi connectivity index (χ4n) is 3.21. The van der Waals surface area contributed by atoms with Gasteiger partial charge in [-0.25, -0.2) is 9.38 Å². The highest BCUT2D eigenvalue weighted by Crippen LogP contribution is 2.27. The van der Waals surface area contributed by atoms with Gasteiger partial charge in [0.1, 0.15) is 10.6 Å². The third kappa shape index (κ3) is 4.89. The van der Waals surface area contributed by atoms with E-state index < -0.39 is 17.4 Å². The summed E-state index contributed by atoms with van der Waals surface area (Å²) in [7, 11) is 0. The fourth-order valence-corrected chi connectivity index (χ4v) is 5.03. The van der Waals surface area contributed by atoms with Crippen LogP contribution in [0.25, 0.3) is 4.96 Å². The molecule has 2 aromatic heterocycles. The summed E-state index contributed by atoms with van der Waals surface area (Å²) in [6.07, 6.45) is 0. The molecule has 2 N–H and O–H groups in total. The van der Waals surface area contributed by atoms with E-state index in [2.05, 4.69) is 15.6 Å². The van der Waals surface area contributed by atoms with Gasteiger partial charge in [0.05, 0.1) is 0 Å². The SMILES string of the molecule is Cc1cc(=O)n2c(C(=O)Nc3ccc(Cl)cc3C)c(C(=O)Nc3cc(Cl)cc(Cl)c3)sc2n1. The number of carbonyl (C=O) groups excluding carboxylic acids is 2. The molecule has 0 aliphatic heterocycles. The van der Waals surface area contributed by atoms with Crippen LogP contribution in [0.3, 0.4) is 0 Å². The van der Waals surface area contributed by atoms with Gasteiger partial charge < -0.3 is 10.6 Å². The van der Waals surface area contributed by atoms with E-state index in [-0.39, 0.29) is 15.5 Å². The minimum absolute atomic E-state index is 0.00501. The van der Waals surface area contributed by atoms with E-state index in [1.807, 2.05) is 0 Å². The molecule has 2 heterocycles. The Morgan fingerprint density at radius 2 is 1.61 bits per heavy atom. The predicted octanol–water partition coefficient (Wildman–Crippen LogP) is 5.84. The summed E-state index contributed by atoms with van der Waals surface area (Å²) >= 11 is 19.0. The molecule has 0 bridgehead atoms.